The van der Waals surface area contributed by atoms with E-state index in [1.807, 2.05) is 0 Å². The van der Waals surface area contributed by atoms with Gasteiger partial charge in [-0.25, -0.2) is 0 Å². The van der Waals surface area contributed by atoms with Gasteiger partial charge in [-0.2, -0.15) is 0 Å². The Kier molecular flexibility index (Phi) is 65.2. The van der Waals surface area contributed by atoms with E-state index in [-0.39, 0.29) is 0 Å². The Balaban J connectivity index is 5.95. The third-order valence-electron chi connectivity index (χ3n) is 16.5. The molecule has 0 atom stereocenters. The maximum absolute atomic E-state index is 7.25. The predicted molar refractivity (Wildman–Crippen MR) is 335 cm³/mol. The normalized spacial score (nSPS) is 12.6. The van der Waals surface area contributed by atoms with Crippen LogP contribution >= 0.6 is 0 Å². The summed E-state index contributed by atoms with van der Waals surface area (Å²) < 4.78 is 36.3. The second-order valence-corrected chi connectivity index (χ2v) is 31.2. The van der Waals surface area contributed by atoms with Crippen molar-refractivity contribution in [1.29, 1.82) is 0 Å². The fourth-order valence-corrected chi connectivity index (χ4v) is 18.2. The van der Waals surface area contributed by atoms with E-state index in [9.17, 15) is 0 Å². The second-order valence-electron chi connectivity index (χ2n) is 24.4. The SMILES string of the molecule is CCCCCCCCCCCCCC[O][Nb]([O]CCCCCCCCCCCCCC)([O]CCCCCCCCCCCCCC)([O]CCCCCCCCCCCCCC)[O]CCCCCCCCCCCCCC. The van der Waals surface area contributed by atoms with Gasteiger partial charge in [-0.3, -0.25) is 0 Å². The summed E-state index contributed by atoms with van der Waals surface area (Å²) in [7, 11) is 0. The van der Waals surface area contributed by atoms with Crippen LogP contribution in [0.2, 0.25) is 0 Å². The van der Waals surface area contributed by atoms with Crippen LogP contribution in [0.15, 0.2) is 0 Å². The summed E-state index contributed by atoms with van der Waals surface area (Å²) in [5, 5.41) is 0. The zero-order chi connectivity index (χ0) is 54.9. The van der Waals surface area contributed by atoms with Gasteiger partial charge in [0.2, 0.25) is 0 Å². The fourth-order valence-electron chi connectivity index (χ4n) is 11.2. The van der Waals surface area contributed by atoms with Gasteiger partial charge in [0.25, 0.3) is 0 Å². The van der Waals surface area contributed by atoms with Crippen molar-refractivity contribution in [2.45, 2.75) is 420 Å². The van der Waals surface area contributed by atoms with Crippen molar-refractivity contribution in [2.24, 2.45) is 0 Å². The third kappa shape index (κ3) is 55.1. The molecule has 0 N–H and O–H groups in total. The minimum absolute atomic E-state index is 0.618. The molecule has 0 saturated carbocycles. The quantitative estimate of drug-likeness (QED) is 0.0449. The topological polar surface area (TPSA) is 46.2 Å². The summed E-state index contributed by atoms with van der Waals surface area (Å²) in [6.07, 6.45) is 79.9. The average molecular weight is 1160 g/mol. The summed E-state index contributed by atoms with van der Waals surface area (Å²) >= 11 is -5.48. The van der Waals surface area contributed by atoms with Crippen LogP contribution in [0.5, 0.6) is 0 Å². The van der Waals surface area contributed by atoms with Gasteiger partial charge in [0.1, 0.15) is 0 Å². The van der Waals surface area contributed by atoms with Crippen molar-refractivity contribution >= 4 is 0 Å². The third-order valence-corrected chi connectivity index (χ3v) is 23.9. The first-order chi connectivity index (χ1) is 37.6. The molecule has 0 aliphatic carbocycles. The van der Waals surface area contributed by atoms with Crippen molar-refractivity contribution in [3.63, 3.8) is 0 Å². The molecule has 0 aromatic carbocycles. The molecule has 0 saturated heterocycles. The van der Waals surface area contributed by atoms with Crippen LogP contribution in [0.1, 0.15) is 420 Å². The van der Waals surface area contributed by atoms with Gasteiger partial charge in [0.15, 0.2) is 0 Å². The van der Waals surface area contributed by atoms with E-state index in [0.717, 1.165) is 32.1 Å². The minimum atomic E-state index is -5.48. The van der Waals surface area contributed by atoms with E-state index in [1.165, 1.54) is 353 Å². The van der Waals surface area contributed by atoms with Crippen molar-refractivity contribution in [3.05, 3.63) is 0 Å². The molecule has 0 fully saturated rings. The molecule has 5 nitrogen and oxygen atoms in total. The summed E-state index contributed by atoms with van der Waals surface area (Å²) in [6.45, 7) is 14.7. The maximum atomic E-state index is 7.25. The van der Waals surface area contributed by atoms with Gasteiger partial charge in [0.05, 0.1) is 0 Å². The minimum Gasteiger partial charge on any atom is -0.0654 e. The molecule has 460 valence electrons. The first kappa shape index (κ1) is 76.5. The van der Waals surface area contributed by atoms with Gasteiger partial charge in [-0.05, 0) is 0 Å². The van der Waals surface area contributed by atoms with Crippen molar-refractivity contribution < 1.29 is 34.0 Å². The number of rotatable bonds is 70. The molecule has 6 heteroatoms. The Morgan fingerprint density at radius 1 is 0.132 bits per heavy atom. The van der Waals surface area contributed by atoms with E-state index in [0.29, 0.717) is 33.0 Å². The first-order valence-corrected chi connectivity index (χ1v) is 40.4. The van der Waals surface area contributed by atoms with E-state index in [1.54, 1.807) is 0 Å². The van der Waals surface area contributed by atoms with E-state index < -0.39 is 17.8 Å². The summed E-state index contributed by atoms with van der Waals surface area (Å²) in [6, 6.07) is 0. The molecule has 0 amide bonds. The van der Waals surface area contributed by atoms with Gasteiger partial charge in [0, 0.05) is 0 Å². The summed E-state index contributed by atoms with van der Waals surface area (Å²) in [5.74, 6) is 0. The predicted octanol–water partition coefficient (Wildman–Crippen LogP) is 25.8. The molecular weight excluding hydrogens is 1010 g/mol. The molecule has 0 heterocycles. The van der Waals surface area contributed by atoms with Gasteiger partial charge in [-0.15, -0.1) is 0 Å². The van der Waals surface area contributed by atoms with Gasteiger partial charge in [-0.1, -0.05) is 98.8 Å². The zero-order valence-electron chi connectivity index (χ0n) is 53.5. The molecule has 0 bridgehead atoms. The number of hydrogen-bond donors (Lipinski definition) is 0. The number of unbranched alkanes of at least 4 members (excludes halogenated alkanes) is 55. The molecule has 0 radical (unpaired) electrons. The van der Waals surface area contributed by atoms with E-state index in [4.69, 9.17) is 16.2 Å². The van der Waals surface area contributed by atoms with E-state index >= 15 is 0 Å². The van der Waals surface area contributed by atoms with Crippen LogP contribution in [0.3, 0.4) is 0 Å². The van der Waals surface area contributed by atoms with Crippen LogP contribution in [-0.2, 0) is 34.0 Å². The Labute approximate surface area is 484 Å². The van der Waals surface area contributed by atoms with Gasteiger partial charge >= 0.3 is 388 Å². The van der Waals surface area contributed by atoms with E-state index in [2.05, 4.69) is 34.6 Å². The summed E-state index contributed by atoms with van der Waals surface area (Å²) in [4.78, 5) is 0. The van der Waals surface area contributed by atoms with Crippen molar-refractivity contribution in [3.8, 4) is 0 Å². The zero-order valence-corrected chi connectivity index (χ0v) is 55.6. The molecule has 0 rings (SSSR count). The van der Waals surface area contributed by atoms with Crippen LogP contribution in [0.25, 0.3) is 0 Å². The first-order valence-electron chi connectivity index (χ1n) is 35.9. The standard InChI is InChI=1S/5C14H29O.Nb/c5*1-2-3-4-5-6-7-8-9-10-11-12-13-14-15;/h5*2-14H2,1H3;/q5*-1;+5. The Bertz CT molecular complexity index is 850. The molecule has 0 aromatic rings. The van der Waals surface area contributed by atoms with Gasteiger partial charge < -0.3 is 0 Å². The van der Waals surface area contributed by atoms with Crippen molar-refractivity contribution in [2.75, 3.05) is 33.0 Å². The Hall–Kier alpha value is 0.540. The molecule has 0 aliphatic rings. The summed E-state index contributed by atoms with van der Waals surface area (Å²) in [5.41, 5.74) is 0. The van der Waals surface area contributed by atoms with Crippen LogP contribution in [0.4, 0.5) is 0 Å². The van der Waals surface area contributed by atoms with Crippen LogP contribution in [0, 0.1) is 0 Å². The molecule has 0 spiro atoms. The fraction of sp³-hybridized carbons (Fsp3) is 1.00. The Morgan fingerprint density at radius 3 is 0.329 bits per heavy atom. The monoisotopic (exact) mass is 1160 g/mol. The number of hydrogen-bond acceptors (Lipinski definition) is 5. The van der Waals surface area contributed by atoms with Crippen LogP contribution < -0.4 is 0 Å². The van der Waals surface area contributed by atoms with Crippen LogP contribution in [-0.4, -0.2) is 33.0 Å². The second kappa shape index (κ2) is 64.7. The van der Waals surface area contributed by atoms with Crippen molar-refractivity contribution in [1.82, 2.24) is 0 Å². The Morgan fingerprint density at radius 2 is 0.224 bits per heavy atom. The molecule has 76 heavy (non-hydrogen) atoms. The molecular formula is C70H145NbO5. The average Bonchev–Trinajstić information content (AvgIpc) is 3.43. The molecule has 0 aromatic heterocycles. The smallest absolute Gasteiger partial charge is 0.0654 e. The molecule has 0 aliphatic heterocycles. The molecule has 0 unspecified atom stereocenters.